The summed E-state index contributed by atoms with van der Waals surface area (Å²) in [6.07, 6.45) is 4.10. The molecular formula is C26H23Cl2N7O. The third-order valence-corrected chi connectivity index (χ3v) is 6.14. The Morgan fingerprint density at radius 2 is 1.75 bits per heavy atom. The van der Waals surface area contributed by atoms with Crippen LogP contribution in [0.3, 0.4) is 0 Å². The molecule has 4 rings (SSSR count). The molecule has 4 aromatic rings. The van der Waals surface area contributed by atoms with E-state index in [-0.39, 0.29) is 5.91 Å². The van der Waals surface area contributed by atoms with Crippen LogP contribution in [0.5, 0.6) is 0 Å². The van der Waals surface area contributed by atoms with Crippen LogP contribution in [0.15, 0.2) is 73.1 Å². The Hall–Kier alpha value is -4.06. The fraction of sp³-hybridized carbons (Fsp3) is 0.154. The molecule has 0 spiro atoms. The predicted octanol–water partition coefficient (Wildman–Crippen LogP) is 5.51. The second kappa shape index (κ2) is 11.6. The van der Waals surface area contributed by atoms with E-state index in [1.165, 1.54) is 0 Å². The van der Waals surface area contributed by atoms with Gasteiger partial charge in [-0.2, -0.15) is 9.97 Å². The molecule has 10 heteroatoms. The minimum Gasteiger partial charge on any atom is -0.358 e. The van der Waals surface area contributed by atoms with E-state index in [9.17, 15) is 4.79 Å². The highest BCUT2D eigenvalue weighted by Gasteiger charge is 2.21. The minimum absolute atomic E-state index is 0.220. The van der Waals surface area contributed by atoms with Gasteiger partial charge in [-0.05, 0) is 35.4 Å². The zero-order chi connectivity index (χ0) is 25.5. The van der Waals surface area contributed by atoms with Crippen molar-refractivity contribution in [1.82, 2.24) is 19.9 Å². The summed E-state index contributed by atoms with van der Waals surface area (Å²) < 4.78 is 1.86. The Morgan fingerprint density at radius 3 is 2.42 bits per heavy atom. The Balaban J connectivity index is 1.58. The van der Waals surface area contributed by atoms with Crippen molar-refractivity contribution in [1.29, 1.82) is 0 Å². The van der Waals surface area contributed by atoms with Gasteiger partial charge in [-0.1, -0.05) is 53.5 Å². The summed E-state index contributed by atoms with van der Waals surface area (Å²) in [5.41, 5.74) is 2.28. The molecule has 2 aromatic carbocycles. The van der Waals surface area contributed by atoms with Crippen LogP contribution in [0.1, 0.15) is 11.1 Å². The largest absolute Gasteiger partial charge is 0.358 e. The van der Waals surface area contributed by atoms with Crippen molar-refractivity contribution in [3.05, 3.63) is 106 Å². The summed E-state index contributed by atoms with van der Waals surface area (Å²) in [6, 6.07) is 17.3. The van der Waals surface area contributed by atoms with Gasteiger partial charge in [0.2, 0.25) is 11.9 Å². The van der Waals surface area contributed by atoms with Gasteiger partial charge in [0.1, 0.15) is 17.7 Å². The molecule has 8 nitrogen and oxygen atoms in total. The van der Waals surface area contributed by atoms with Crippen molar-refractivity contribution in [3.63, 3.8) is 0 Å². The van der Waals surface area contributed by atoms with Gasteiger partial charge in [-0.3, -0.25) is 4.79 Å². The van der Waals surface area contributed by atoms with Crippen LogP contribution in [-0.2, 0) is 17.8 Å². The lowest BCUT2D eigenvalue weighted by atomic mass is 10.0. The fourth-order valence-electron chi connectivity index (χ4n) is 3.53. The van der Waals surface area contributed by atoms with Crippen molar-refractivity contribution in [2.45, 2.75) is 19.0 Å². The molecule has 0 aliphatic carbocycles. The van der Waals surface area contributed by atoms with E-state index in [1.807, 2.05) is 47.3 Å². The maximum Gasteiger partial charge on any atom is 0.243 e. The number of nitrogens with one attached hydrogen (secondary N) is 3. The number of anilines is 2. The van der Waals surface area contributed by atoms with Crippen LogP contribution in [0, 0.1) is 6.57 Å². The van der Waals surface area contributed by atoms with Gasteiger partial charge in [0.25, 0.3) is 0 Å². The van der Waals surface area contributed by atoms with Crippen LogP contribution in [0.25, 0.3) is 10.7 Å². The molecule has 1 amide bonds. The Morgan fingerprint density at radius 1 is 1.03 bits per heavy atom. The lowest BCUT2D eigenvalue weighted by Crippen LogP contribution is -2.41. The van der Waals surface area contributed by atoms with E-state index in [0.29, 0.717) is 46.3 Å². The van der Waals surface area contributed by atoms with E-state index in [2.05, 4.69) is 30.8 Å². The molecule has 0 aliphatic rings. The maximum atomic E-state index is 13.3. The van der Waals surface area contributed by atoms with Crippen molar-refractivity contribution in [2.24, 2.45) is 0 Å². The van der Waals surface area contributed by atoms with Crippen LogP contribution in [0.2, 0.25) is 10.0 Å². The van der Waals surface area contributed by atoms with Gasteiger partial charge < -0.3 is 20.5 Å². The van der Waals surface area contributed by atoms with E-state index in [0.717, 1.165) is 11.1 Å². The summed E-state index contributed by atoms with van der Waals surface area (Å²) in [7, 11) is 1.73. The van der Waals surface area contributed by atoms with E-state index in [1.54, 1.807) is 37.4 Å². The first-order valence-corrected chi connectivity index (χ1v) is 11.9. The molecule has 182 valence electrons. The molecule has 3 N–H and O–H groups in total. The van der Waals surface area contributed by atoms with Gasteiger partial charge in [0.05, 0.1) is 16.6 Å². The highest BCUT2D eigenvalue weighted by molar-refractivity contribution is 6.42. The summed E-state index contributed by atoms with van der Waals surface area (Å²) in [5, 5.41) is 10.1. The highest BCUT2D eigenvalue weighted by atomic mass is 35.5. The lowest BCUT2D eigenvalue weighted by Gasteiger charge is -2.20. The second-order valence-corrected chi connectivity index (χ2v) is 8.74. The smallest absolute Gasteiger partial charge is 0.243 e. The van der Waals surface area contributed by atoms with Gasteiger partial charge in [-0.15, -0.1) is 0 Å². The quantitative estimate of drug-likeness (QED) is 0.254. The number of rotatable bonds is 9. The molecule has 0 saturated heterocycles. The molecule has 0 radical (unpaired) electrons. The molecule has 2 heterocycles. The fourth-order valence-corrected chi connectivity index (χ4v) is 3.85. The monoisotopic (exact) mass is 519 g/mol. The van der Waals surface area contributed by atoms with Gasteiger partial charge in [0.15, 0.2) is 5.69 Å². The van der Waals surface area contributed by atoms with Crippen molar-refractivity contribution in [2.75, 3.05) is 17.7 Å². The number of benzene rings is 2. The standard InChI is InChI=1S/C26H23Cl2N7O/c1-29-19-8-5-17(6-9-19)16-31-25(36)22(14-18-7-10-20(27)21(28)13-18)32-23-15-24(34-26(30-2)33-23)35-11-3-4-12-35/h3-13,15,22H,14,16H2,2H3,(H,31,36)(H2,30,32,33,34)/t22-/m1/s1. The van der Waals surface area contributed by atoms with Crippen LogP contribution >= 0.6 is 23.2 Å². The molecule has 0 saturated carbocycles. The average Bonchev–Trinajstić information content (AvgIpc) is 3.44. The zero-order valence-corrected chi connectivity index (χ0v) is 20.9. The van der Waals surface area contributed by atoms with Gasteiger partial charge >= 0.3 is 0 Å². The summed E-state index contributed by atoms with van der Waals surface area (Å²) in [5.74, 6) is 1.33. The van der Waals surface area contributed by atoms with E-state index >= 15 is 0 Å². The first-order valence-electron chi connectivity index (χ1n) is 11.1. The molecule has 0 fully saturated rings. The Labute approximate surface area is 219 Å². The molecule has 0 bridgehead atoms. The number of hydrogen-bond donors (Lipinski definition) is 3. The average molecular weight is 520 g/mol. The number of amides is 1. The van der Waals surface area contributed by atoms with Crippen LogP contribution in [-0.4, -0.2) is 33.5 Å². The number of halogens is 2. The number of carbonyl (C=O) groups is 1. The number of nitrogens with zero attached hydrogens (tertiary/aromatic N) is 4. The molecule has 2 aromatic heterocycles. The summed E-state index contributed by atoms with van der Waals surface area (Å²) in [4.78, 5) is 25.7. The van der Waals surface area contributed by atoms with Crippen LogP contribution in [0.4, 0.5) is 17.5 Å². The van der Waals surface area contributed by atoms with Crippen LogP contribution < -0.4 is 16.0 Å². The van der Waals surface area contributed by atoms with Crippen molar-refractivity contribution < 1.29 is 4.79 Å². The number of aromatic nitrogens is 3. The van der Waals surface area contributed by atoms with E-state index in [4.69, 9.17) is 29.8 Å². The summed E-state index contributed by atoms with van der Waals surface area (Å²) >= 11 is 12.3. The molecule has 36 heavy (non-hydrogen) atoms. The SMILES string of the molecule is [C-]#[N+]c1ccc(CNC(=O)[C@@H](Cc2ccc(Cl)c(Cl)c2)Nc2cc(-n3cccc3)nc(NC)n2)cc1. The van der Waals surface area contributed by atoms with Crippen molar-refractivity contribution >= 4 is 46.6 Å². The topological polar surface area (TPSA) is 88.2 Å². The molecule has 1 atom stereocenters. The molecule has 0 unspecified atom stereocenters. The maximum absolute atomic E-state index is 13.3. The minimum atomic E-state index is -0.665. The number of carbonyl (C=O) groups excluding carboxylic acids is 1. The van der Waals surface area contributed by atoms with Crippen molar-refractivity contribution in [3.8, 4) is 5.82 Å². The zero-order valence-electron chi connectivity index (χ0n) is 19.4. The predicted molar refractivity (Wildman–Crippen MR) is 143 cm³/mol. The second-order valence-electron chi connectivity index (χ2n) is 7.92. The third-order valence-electron chi connectivity index (χ3n) is 5.40. The summed E-state index contributed by atoms with van der Waals surface area (Å²) in [6.45, 7) is 7.40. The number of hydrogen-bond acceptors (Lipinski definition) is 5. The third kappa shape index (κ3) is 6.33. The Bertz CT molecular complexity index is 1380. The molecule has 0 aliphatic heterocycles. The first kappa shape index (κ1) is 25.0. The normalized spacial score (nSPS) is 11.4. The molecular weight excluding hydrogens is 497 g/mol. The van der Waals surface area contributed by atoms with Gasteiger partial charge in [0, 0.05) is 38.5 Å². The lowest BCUT2D eigenvalue weighted by molar-refractivity contribution is -0.122. The van der Waals surface area contributed by atoms with Gasteiger partial charge in [-0.25, -0.2) is 4.85 Å². The first-order chi connectivity index (χ1) is 17.4. The Kier molecular flexibility index (Phi) is 8.06. The highest BCUT2D eigenvalue weighted by Crippen LogP contribution is 2.24. The van der Waals surface area contributed by atoms with E-state index < -0.39 is 6.04 Å².